The normalized spacial score (nSPS) is 17.8. The molecule has 4 nitrogen and oxygen atoms in total. The lowest BCUT2D eigenvalue weighted by Crippen LogP contribution is -2.36. The molecule has 2 aromatic rings. The Hall–Kier alpha value is -2.62. The van der Waals surface area contributed by atoms with Crippen LogP contribution in [0.25, 0.3) is 16.8 Å². The monoisotopic (exact) mass is 320 g/mol. The highest BCUT2D eigenvalue weighted by Gasteiger charge is 2.32. The molecule has 0 bridgehead atoms. The van der Waals surface area contributed by atoms with Gasteiger partial charge in [0.15, 0.2) is 0 Å². The number of hydrogen-bond acceptors (Lipinski definition) is 2. The van der Waals surface area contributed by atoms with Crippen LogP contribution in [0.3, 0.4) is 0 Å². The predicted molar refractivity (Wildman–Crippen MR) is 93.8 cm³/mol. The van der Waals surface area contributed by atoms with Crippen molar-refractivity contribution in [2.45, 2.75) is 25.7 Å². The maximum absolute atomic E-state index is 12.2. The van der Waals surface area contributed by atoms with Gasteiger partial charge in [0.25, 0.3) is 0 Å². The summed E-state index contributed by atoms with van der Waals surface area (Å²) in [5, 5.41) is 2.34. The Morgan fingerprint density at radius 1 is 0.833 bits per heavy atom. The molecule has 0 unspecified atom stereocenters. The van der Waals surface area contributed by atoms with Crippen LogP contribution < -0.4 is 0 Å². The summed E-state index contributed by atoms with van der Waals surface area (Å²) in [4.78, 5) is 28.0. The zero-order valence-electron chi connectivity index (χ0n) is 13.6. The fourth-order valence-corrected chi connectivity index (χ4v) is 3.53. The van der Waals surface area contributed by atoms with Crippen molar-refractivity contribution in [1.82, 2.24) is 9.80 Å². The maximum Gasteiger partial charge on any atom is 0.228 e. The van der Waals surface area contributed by atoms with E-state index in [0.717, 1.165) is 29.6 Å². The summed E-state index contributed by atoms with van der Waals surface area (Å²) in [6.45, 7) is 1.39. The quantitative estimate of drug-likeness (QED) is 0.870. The lowest BCUT2D eigenvalue weighted by molar-refractivity contribution is -0.130. The first kappa shape index (κ1) is 14.9. The molecule has 0 atom stereocenters. The highest BCUT2D eigenvalue weighted by molar-refractivity contribution is 5.88. The second-order valence-electron chi connectivity index (χ2n) is 6.41. The Labute approximate surface area is 141 Å². The lowest BCUT2D eigenvalue weighted by atomic mass is 10.1. The number of likely N-dealkylation sites (tertiary alicyclic amines) is 2. The summed E-state index contributed by atoms with van der Waals surface area (Å²) in [5.74, 6) is 0.971. The molecule has 2 fully saturated rings. The Kier molecular flexibility index (Phi) is 3.81. The van der Waals surface area contributed by atoms with Gasteiger partial charge in [0.1, 0.15) is 5.82 Å². The molecule has 2 heterocycles. The average Bonchev–Trinajstić information content (AvgIpc) is 3.21. The maximum atomic E-state index is 12.2. The van der Waals surface area contributed by atoms with Crippen molar-refractivity contribution in [2.24, 2.45) is 0 Å². The Morgan fingerprint density at radius 2 is 1.46 bits per heavy atom. The molecule has 24 heavy (non-hydrogen) atoms. The largest absolute Gasteiger partial charge is 0.298 e. The van der Waals surface area contributed by atoms with Crippen LogP contribution in [-0.2, 0) is 9.59 Å². The Bertz CT molecular complexity index is 812. The van der Waals surface area contributed by atoms with E-state index in [9.17, 15) is 9.59 Å². The third-order valence-corrected chi connectivity index (χ3v) is 4.77. The van der Waals surface area contributed by atoms with E-state index in [4.69, 9.17) is 0 Å². The lowest BCUT2D eigenvalue weighted by Gasteiger charge is -2.27. The van der Waals surface area contributed by atoms with Crippen molar-refractivity contribution >= 4 is 28.7 Å². The third-order valence-electron chi connectivity index (χ3n) is 4.77. The summed E-state index contributed by atoms with van der Waals surface area (Å²) in [5.41, 5.74) is 1.02. The van der Waals surface area contributed by atoms with E-state index >= 15 is 0 Å². The molecule has 122 valence electrons. The van der Waals surface area contributed by atoms with Crippen LogP contribution in [0, 0.1) is 0 Å². The van der Waals surface area contributed by atoms with Crippen LogP contribution in [0.4, 0.5) is 0 Å². The Balaban J connectivity index is 1.77. The predicted octanol–water partition coefficient (Wildman–Crippen LogP) is 3.38. The molecule has 4 heteroatoms. The minimum absolute atomic E-state index is 0.113. The first-order valence-electron chi connectivity index (χ1n) is 8.53. The molecule has 0 N–H and O–H groups in total. The molecule has 2 amide bonds. The molecule has 0 saturated carbocycles. The average molecular weight is 320 g/mol. The number of fused-ring (bicyclic) bond motifs is 1. The summed E-state index contributed by atoms with van der Waals surface area (Å²) < 4.78 is 0. The number of carbonyl (C=O) groups is 2. The van der Waals surface area contributed by atoms with Gasteiger partial charge in [-0.15, -0.1) is 0 Å². The van der Waals surface area contributed by atoms with Gasteiger partial charge in [-0.2, -0.15) is 0 Å². The van der Waals surface area contributed by atoms with Gasteiger partial charge >= 0.3 is 0 Å². The minimum atomic E-state index is 0.113. The second-order valence-corrected chi connectivity index (χ2v) is 6.41. The number of rotatable bonds is 3. The van der Waals surface area contributed by atoms with Crippen molar-refractivity contribution in [3.63, 3.8) is 0 Å². The summed E-state index contributed by atoms with van der Waals surface area (Å²) in [6, 6.07) is 14.4. The van der Waals surface area contributed by atoms with E-state index in [2.05, 4.69) is 24.3 Å². The van der Waals surface area contributed by atoms with Gasteiger partial charge in [0.2, 0.25) is 11.8 Å². The minimum Gasteiger partial charge on any atom is -0.298 e. The number of benzene rings is 2. The van der Waals surface area contributed by atoms with Gasteiger partial charge in [-0.3, -0.25) is 19.4 Å². The first-order chi connectivity index (χ1) is 11.7. The number of nitrogens with zero attached hydrogens (tertiary/aromatic N) is 2. The van der Waals surface area contributed by atoms with Gasteiger partial charge in [-0.1, -0.05) is 36.4 Å². The van der Waals surface area contributed by atoms with E-state index in [1.54, 1.807) is 9.80 Å². The zero-order chi connectivity index (χ0) is 16.5. The van der Waals surface area contributed by atoms with Gasteiger partial charge in [0.05, 0.1) is 0 Å². The molecule has 4 rings (SSSR count). The van der Waals surface area contributed by atoms with Gasteiger partial charge < -0.3 is 0 Å². The van der Waals surface area contributed by atoms with Gasteiger partial charge in [-0.25, -0.2) is 0 Å². The molecule has 0 aliphatic carbocycles. The van der Waals surface area contributed by atoms with Crippen LogP contribution in [-0.4, -0.2) is 34.7 Å². The van der Waals surface area contributed by atoms with Crippen molar-refractivity contribution in [1.29, 1.82) is 0 Å². The number of hydrogen-bond donors (Lipinski definition) is 0. The summed E-state index contributed by atoms with van der Waals surface area (Å²) >= 11 is 0. The molecule has 2 aliphatic heterocycles. The highest BCUT2D eigenvalue weighted by Crippen LogP contribution is 2.27. The molecule has 2 aliphatic rings. The standard InChI is InChI=1S/C20H20N2O2/c23-19-7-3-11-21(19)18(22-12-4-8-20(22)24)14-15-9-10-16-5-1-2-6-17(16)13-15/h1-2,5-6,9-10,13-14H,3-4,7-8,11-12H2. The summed E-state index contributed by atoms with van der Waals surface area (Å²) in [7, 11) is 0. The molecular formula is C20H20N2O2. The molecule has 2 aromatic carbocycles. The van der Waals surface area contributed by atoms with Crippen LogP contribution in [0.5, 0.6) is 0 Å². The van der Waals surface area contributed by atoms with Gasteiger partial charge in [0, 0.05) is 25.9 Å². The smallest absolute Gasteiger partial charge is 0.228 e. The molecular weight excluding hydrogens is 300 g/mol. The highest BCUT2D eigenvalue weighted by atomic mass is 16.2. The SMILES string of the molecule is O=C1CCCN1C(=Cc1ccc2ccccc2c1)N1CCCC1=O. The zero-order valence-corrected chi connectivity index (χ0v) is 13.6. The molecule has 0 aromatic heterocycles. The van der Waals surface area contributed by atoms with Crippen molar-refractivity contribution in [3.05, 3.63) is 53.8 Å². The fraction of sp³-hybridized carbons (Fsp3) is 0.300. The van der Waals surface area contributed by atoms with E-state index in [0.29, 0.717) is 25.9 Å². The third kappa shape index (κ3) is 2.68. The first-order valence-corrected chi connectivity index (χ1v) is 8.53. The van der Waals surface area contributed by atoms with E-state index in [1.807, 2.05) is 24.3 Å². The van der Waals surface area contributed by atoms with Gasteiger partial charge in [-0.05, 0) is 41.3 Å². The molecule has 2 saturated heterocycles. The number of carbonyl (C=O) groups excluding carboxylic acids is 2. The van der Waals surface area contributed by atoms with E-state index in [1.165, 1.54) is 5.39 Å². The fourth-order valence-electron chi connectivity index (χ4n) is 3.53. The topological polar surface area (TPSA) is 40.6 Å². The molecule has 0 spiro atoms. The summed E-state index contributed by atoms with van der Waals surface area (Å²) in [6.07, 6.45) is 4.83. The van der Waals surface area contributed by atoms with Crippen molar-refractivity contribution < 1.29 is 9.59 Å². The van der Waals surface area contributed by atoms with Crippen LogP contribution in [0.2, 0.25) is 0 Å². The van der Waals surface area contributed by atoms with Crippen LogP contribution in [0.1, 0.15) is 31.2 Å². The molecule has 0 radical (unpaired) electrons. The van der Waals surface area contributed by atoms with Crippen LogP contribution in [0.15, 0.2) is 48.3 Å². The van der Waals surface area contributed by atoms with Crippen molar-refractivity contribution in [2.75, 3.05) is 13.1 Å². The Morgan fingerprint density at radius 3 is 2.04 bits per heavy atom. The van der Waals surface area contributed by atoms with Crippen molar-refractivity contribution in [3.8, 4) is 0 Å². The second kappa shape index (κ2) is 6.11. The van der Waals surface area contributed by atoms with Crippen LogP contribution >= 0.6 is 0 Å². The van der Waals surface area contributed by atoms with E-state index < -0.39 is 0 Å². The van der Waals surface area contributed by atoms with E-state index in [-0.39, 0.29) is 11.8 Å². The number of amides is 2.